The van der Waals surface area contributed by atoms with Crippen molar-refractivity contribution in [1.82, 2.24) is 9.97 Å². The number of aryl methyl sites for hydroxylation is 1. The first-order chi connectivity index (χ1) is 13.6. The fraction of sp³-hybridized carbons (Fsp3) is 0.217. The van der Waals surface area contributed by atoms with Crippen LogP contribution >= 0.6 is 0 Å². The van der Waals surface area contributed by atoms with Crippen LogP contribution < -0.4 is 4.74 Å². The molecule has 0 amide bonds. The third kappa shape index (κ3) is 2.66. The lowest BCUT2D eigenvalue weighted by Gasteiger charge is -2.17. The van der Waals surface area contributed by atoms with E-state index in [2.05, 4.69) is 11.1 Å². The standard InChI is InChI=1S/C23H19FN2O2/c1-28-21-9-6-13(10-17(21)24)11-20-23-22(15-4-2-3-5-18(15)26-23)16-12-14(27)7-8-19(16)25-20/h2-6,9-10,26H,7-8,11-12H2,1H3. The summed E-state index contributed by atoms with van der Waals surface area (Å²) in [6, 6.07) is 13.1. The minimum absolute atomic E-state index is 0.233. The van der Waals surface area contributed by atoms with Gasteiger partial charge in [-0.15, -0.1) is 0 Å². The number of fused-ring (bicyclic) bond motifs is 5. The van der Waals surface area contributed by atoms with Crippen LogP contribution in [-0.2, 0) is 24.1 Å². The second-order valence-electron chi connectivity index (χ2n) is 7.27. The zero-order valence-corrected chi connectivity index (χ0v) is 15.5. The first kappa shape index (κ1) is 16.9. The van der Waals surface area contributed by atoms with Crippen molar-refractivity contribution in [3.05, 3.63) is 70.8 Å². The summed E-state index contributed by atoms with van der Waals surface area (Å²) >= 11 is 0. The van der Waals surface area contributed by atoms with E-state index < -0.39 is 0 Å². The van der Waals surface area contributed by atoms with E-state index in [-0.39, 0.29) is 17.3 Å². The normalized spacial score (nSPS) is 13.9. The number of hydrogen-bond acceptors (Lipinski definition) is 3. The Hall–Kier alpha value is -3.21. The molecule has 0 bridgehead atoms. The number of ether oxygens (including phenoxy) is 1. The summed E-state index contributed by atoms with van der Waals surface area (Å²) in [4.78, 5) is 20.5. The Kier molecular flexibility index (Phi) is 3.90. The van der Waals surface area contributed by atoms with Crippen LogP contribution in [0.5, 0.6) is 5.75 Å². The summed E-state index contributed by atoms with van der Waals surface area (Å²) in [5.74, 6) is 0.110. The second-order valence-corrected chi connectivity index (χ2v) is 7.27. The average molecular weight is 374 g/mol. The van der Waals surface area contributed by atoms with Gasteiger partial charge in [0, 0.05) is 41.2 Å². The number of methoxy groups -OCH3 is 1. The summed E-state index contributed by atoms with van der Waals surface area (Å²) in [5.41, 5.74) is 5.69. The largest absolute Gasteiger partial charge is 0.494 e. The number of benzene rings is 2. The van der Waals surface area contributed by atoms with E-state index in [4.69, 9.17) is 9.72 Å². The first-order valence-electron chi connectivity index (χ1n) is 9.39. The predicted molar refractivity (Wildman–Crippen MR) is 106 cm³/mol. The maximum atomic E-state index is 14.2. The minimum atomic E-state index is -0.378. The monoisotopic (exact) mass is 374 g/mol. The Morgan fingerprint density at radius 3 is 2.86 bits per heavy atom. The van der Waals surface area contributed by atoms with Crippen molar-refractivity contribution in [2.45, 2.75) is 25.7 Å². The Morgan fingerprint density at radius 1 is 1.18 bits per heavy atom. The van der Waals surface area contributed by atoms with E-state index in [1.807, 2.05) is 24.3 Å². The molecule has 0 unspecified atom stereocenters. The Labute approximate surface area is 161 Å². The summed E-state index contributed by atoms with van der Waals surface area (Å²) in [6.07, 6.45) is 2.13. The molecule has 0 atom stereocenters. The second kappa shape index (κ2) is 6.44. The molecule has 2 aromatic carbocycles. The van der Waals surface area contributed by atoms with Gasteiger partial charge in [0.2, 0.25) is 0 Å². The van der Waals surface area contributed by atoms with Gasteiger partial charge in [-0.05, 0) is 35.7 Å². The zero-order valence-electron chi connectivity index (χ0n) is 15.5. The number of Topliss-reactive ketones (excluding diaryl/α,β-unsaturated/α-hetero) is 1. The molecule has 0 saturated heterocycles. The number of halogens is 1. The van der Waals surface area contributed by atoms with Gasteiger partial charge in [0.1, 0.15) is 5.78 Å². The molecule has 1 aliphatic rings. The summed E-state index contributed by atoms with van der Waals surface area (Å²) < 4.78 is 19.2. The molecule has 5 rings (SSSR count). The number of para-hydroxylation sites is 1. The van der Waals surface area contributed by atoms with E-state index in [1.54, 1.807) is 6.07 Å². The quantitative estimate of drug-likeness (QED) is 0.574. The summed E-state index contributed by atoms with van der Waals surface area (Å²) in [6.45, 7) is 0. The van der Waals surface area contributed by atoms with Gasteiger partial charge in [-0.25, -0.2) is 4.39 Å². The highest BCUT2D eigenvalue weighted by Crippen LogP contribution is 2.35. The van der Waals surface area contributed by atoms with Gasteiger partial charge in [-0.1, -0.05) is 24.3 Å². The molecular weight excluding hydrogens is 355 g/mol. The first-order valence-corrected chi connectivity index (χ1v) is 9.39. The molecule has 2 heterocycles. The number of H-pyrrole nitrogens is 1. The molecule has 1 N–H and O–H groups in total. The van der Waals surface area contributed by atoms with Gasteiger partial charge in [-0.3, -0.25) is 9.78 Å². The molecule has 1 aliphatic carbocycles. The maximum absolute atomic E-state index is 14.2. The van der Waals surface area contributed by atoms with Gasteiger partial charge in [0.15, 0.2) is 11.6 Å². The molecule has 140 valence electrons. The molecule has 0 radical (unpaired) electrons. The number of carbonyl (C=O) groups is 1. The smallest absolute Gasteiger partial charge is 0.165 e. The van der Waals surface area contributed by atoms with Gasteiger partial charge in [-0.2, -0.15) is 0 Å². The lowest BCUT2D eigenvalue weighted by Crippen LogP contribution is -2.16. The molecule has 2 aromatic heterocycles. The van der Waals surface area contributed by atoms with E-state index in [1.165, 1.54) is 13.2 Å². The van der Waals surface area contributed by atoms with E-state index >= 15 is 0 Å². The van der Waals surface area contributed by atoms with Gasteiger partial charge < -0.3 is 9.72 Å². The number of nitrogens with zero attached hydrogens (tertiary/aromatic N) is 1. The van der Waals surface area contributed by atoms with Crippen molar-refractivity contribution >= 4 is 27.6 Å². The van der Waals surface area contributed by atoms with Crippen molar-refractivity contribution < 1.29 is 13.9 Å². The number of ketones is 1. The highest BCUT2D eigenvalue weighted by Gasteiger charge is 2.24. The average Bonchev–Trinajstić information content (AvgIpc) is 3.09. The number of pyridine rings is 1. The van der Waals surface area contributed by atoms with E-state index in [9.17, 15) is 9.18 Å². The van der Waals surface area contributed by atoms with Crippen LogP contribution in [-0.4, -0.2) is 22.9 Å². The van der Waals surface area contributed by atoms with Crippen molar-refractivity contribution in [2.24, 2.45) is 0 Å². The fourth-order valence-corrected chi connectivity index (χ4v) is 4.18. The van der Waals surface area contributed by atoms with Crippen molar-refractivity contribution in [3.8, 4) is 5.75 Å². The highest BCUT2D eigenvalue weighted by molar-refractivity contribution is 6.11. The number of aromatic nitrogens is 2. The summed E-state index contributed by atoms with van der Waals surface area (Å²) in [5, 5.41) is 2.19. The maximum Gasteiger partial charge on any atom is 0.165 e. The molecule has 0 aliphatic heterocycles. The minimum Gasteiger partial charge on any atom is -0.494 e. The van der Waals surface area contributed by atoms with Gasteiger partial charge >= 0.3 is 0 Å². The fourth-order valence-electron chi connectivity index (χ4n) is 4.18. The zero-order chi connectivity index (χ0) is 19.3. The molecule has 4 aromatic rings. The Morgan fingerprint density at radius 2 is 2.04 bits per heavy atom. The van der Waals surface area contributed by atoms with Crippen LogP contribution in [0.4, 0.5) is 4.39 Å². The number of nitrogens with one attached hydrogen (secondary N) is 1. The molecule has 28 heavy (non-hydrogen) atoms. The van der Waals surface area contributed by atoms with Crippen LogP contribution in [0.1, 0.15) is 28.9 Å². The third-order valence-electron chi connectivity index (χ3n) is 5.52. The molecule has 5 heteroatoms. The van der Waals surface area contributed by atoms with E-state index in [0.717, 1.165) is 44.3 Å². The lowest BCUT2D eigenvalue weighted by atomic mass is 9.90. The van der Waals surface area contributed by atoms with E-state index in [0.29, 0.717) is 25.7 Å². The van der Waals surface area contributed by atoms with Crippen LogP contribution in [0.15, 0.2) is 42.5 Å². The Bertz CT molecular complexity index is 1240. The van der Waals surface area contributed by atoms with Gasteiger partial charge in [0.05, 0.1) is 18.3 Å². The predicted octanol–water partition coefficient (Wildman–Crippen LogP) is 4.51. The molecule has 4 nitrogen and oxygen atoms in total. The van der Waals surface area contributed by atoms with Crippen molar-refractivity contribution in [3.63, 3.8) is 0 Å². The number of aromatic amines is 1. The van der Waals surface area contributed by atoms with Crippen molar-refractivity contribution in [1.29, 1.82) is 0 Å². The van der Waals surface area contributed by atoms with Crippen LogP contribution in [0.25, 0.3) is 21.8 Å². The molecular formula is C23H19FN2O2. The molecule has 0 saturated carbocycles. The van der Waals surface area contributed by atoms with Gasteiger partial charge in [0.25, 0.3) is 0 Å². The molecule has 0 fully saturated rings. The number of carbonyl (C=O) groups excluding carboxylic acids is 1. The SMILES string of the molecule is COc1ccc(Cc2nc3c(c4c2[nH]c2ccccc24)CC(=O)CC3)cc1F. The molecule has 0 spiro atoms. The number of hydrogen-bond donors (Lipinski definition) is 1. The van der Waals surface area contributed by atoms with Crippen LogP contribution in [0, 0.1) is 5.82 Å². The van der Waals surface area contributed by atoms with Crippen molar-refractivity contribution in [2.75, 3.05) is 7.11 Å². The lowest BCUT2D eigenvalue weighted by molar-refractivity contribution is -0.118. The topological polar surface area (TPSA) is 55.0 Å². The summed E-state index contributed by atoms with van der Waals surface area (Å²) in [7, 11) is 1.46. The van der Waals surface area contributed by atoms with Crippen LogP contribution in [0.2, 0.25) is 0 Å². The highest BCUT2D eigenvalue weighted by atomic mass is 19.1. The van der Waals surface area contributed by atoms with Crippen LogP contribution in [0.3, 0.4) is 0 Å². The number of rotatable bonds is 3. The third-order valence-corrected chi connectivity index (χ3v) is 5.52. The Balaban J connectivity index is 1.72.